The van der Waals surface area contributed by atoms with Gasteiger partial charge in [0.2, 0.25) is 10.0 Å². The molecule has 0 aromatic heterocycles. The molecule has 0 radical (unpaired) electrons. The molecule has 1 rings (SSSR count). The van der Waals surface area contributed by atoms with Gasteiger partial charge in [-0.25, -0.2) is 8.42 Å². The molecule has 118 valence electrons. The van der Waals surface area contributed by atoms with Crippen LogP contribution in [-0.4, -0.2) is 30.8 Å². The molecular formula is C14H21ClN2O2S2. The molecule has 0 heterocycles. The number of hydrogen-bond donors (Lipinski definition) is 1. The normalized spacial score (nSPS) is 13.7. The van der Waals surface area contributed by atoms with Gasteiger partial charge in [-0.1, -0.05) is 37.7 Å². The molecule has 0 spiro atoms. The minimum atomic E-state index is -3.58. The van der Waals surface area contributed by atoms with Crippen LogP contribution in [0.15, 0.2) is 23.1 Å². The minimum Gasteiger partial charge on any atom is -0.389 e. The van der Waals surface area contributed by atoms with Crippen LogP contribution in [0.5, 0.6) is 0 Å². The van der Waals surface area contributed by atoms with Gasteiger partial charge in [0, 0.05) is 18.7 Å². The lowest BCUT2D eigenvalue weighted by Gasteiger charge is -2.25. The second-order valence-corrected chi connectivity index (χ2v) is 8.35. The van der Waals surface area contributed by atoms with Crippen LogP contribution in [0.2, 0.25) is 5.02 Å². The van der Waals surface area contributed by atoms with Crippen molar-refractivity contribution in [3.8, 4) is 0 Å². The van der Waals surface area contributed by atoms with Crippen molar-refractivity contribution in [2.45, 2.75) is 38.1 Å². The van der Waals surface area contributed by atoms with Gasteiger partial charge in [0.05, 0.1) is 9.92 Å². The first-order valence-corrected chi connectivity index (χ1v) is 8.87. The van der Waals surface area contributed by atoms with Crippen molar-refractivity contribution in [3.63, 3.8) is 0 Å². The quantitative estimate of drug-likeness (QED) is 0.802. The molecule has 2 N–H and O–H groups in total. The molecule has 21 heavy (non-hydrogen) atoms. The zero-order valence-corrected chi connectivity index (χ0v) is 15.0. The summed E-state index contributed by atoms with van der Waals surface area (Å²) >= 11 is 10.9. The third-order valence-corrected chi connectivity index (χ3v) is 5.82. The van der Waals surface area contributed by atoms with Crippen LogP contribution < -0.4 is 5.73 Å². The summed E-state index contributed by atoms with van der Waals surface area (Å²) in [4.78, 5) is 0.288. The van der Waals surface area contributed by atoms with Gasteiger partial charge in [0.25, 0.3) is 0 Å². The molecule has 0 amide bonds. The number of nitrogens with two attached hydrogens (primary N) is 1. The lowest BCUT2D eigenvalue weighted by atomic mass is 10.1. The Morgan fingerprint density at radius 1 is 1.38 bits per heavy atom. The molecule has 0 fully saturated rings. The topological polar surface area (TPSA) is 63.4 Å². The number of nitrogens with zero attached hydrogens (tertiary/aromatic N) is 1. The summed E-state index contributed by atoms with van der Waals surface area (Å²) in [6.45, 7) is 6.01. The molecule has 1 atom stereocenters. The fraction of sp³-hybridized carbons (Fsp3) is 0.500. The molecule has 0 saturated carbocycles. The maximum atomic E-state index is 12.6. The number of rotatable bonds is 6. The zero-order chi connectivity index (χ0) is 16.4. The molecule has 1 unspecified atom stereocenters. The average molecular weight is 349 g/mol. The Morgan fingerprint density at radius 3 is 2.38 bits per heavy atom. The second-order valence-electron chi connectivity index (χ2n) is 5.51. The van der Waals surface area contributed by atoms with E-state index in [-0.39, 0.29) is 20.9 Å². The predicted octanol–water partition coefficient (Wildman–Crippen LogP) is 3.03. The molecule has 0 saturated heterocycles. The first-order chi connectivity index (χ1) is 9.57. The van der Waals surface area contributed by atoms with E-state index in [0.717, 1.165) is 6.42 Å². The third-order valence-electron chi connectivity index (χ3n) is 3.32. The highest BCUT2D eigenvalue weighted by Gasteiger charge is 2.26. The van der Waals surface area contributed by atoms with E-state index >= 15 is 0 Å². The van der Waals surface area contributed by atoms with Gasteiger partial charge in [-0.2, -0.15) is 4.31 Å². The molecule has 4 nitrogen and oxygen atoms in total. The number of thiocarbonyl (C=S) groups is 1. The monoisotopic (exact) mass is 348 g/mol. The second kappa shape index (κ2) is 7.05. The van der Waals surface area contributed by atoms with E-state index in [0.29, 0.717) is 11.5 Å². The van der Waals surface area contributed by atoms with E-state index in [9.17, 15) is 8.42 Å². The molecule has 1 aromatic rings. The first kappa shape index (κ1) is 18.4. The van der Waals surface area contributed by atoms with E-state index in [2.05, 4.69) is 13.8 Å². The van der Waals surface area contributed by atoms with Crippen molar-refractivity contribution in [3.05, 3.63) is 28.8 Å². The summed E-state index contributed by atoms with van der Waals surface area (Å²) in [6.07, 6.45) is 0.786. The number of benzene rings is 1. The summed E-state index contributed by atoms with van der Waals surface area (Å²) in [5, 5.41) is 0.244. The van der Waals surface area contributed by atoms with Gasteiger partial charge < -0.3 is 5.73 Å². The highest BCUT2D eigenvalue weighted by molar-refractivity contribution is 7.89. The molecule has 0 aliphatic heterocycles. The molecular weight excluding hydrogens is 328 g/mol. The maximum absolute atomic E-state index is 12.6. The van der Waals surface area contributed by atoms with Crippen LogP contribution in [0.4, 0.5) is 0 Å². The van der Waals surface area contributed by atoms with Crippen LogP contribution in [0.25, 0.3) is 0 Å². The molecule has 7 heteroatoms. The Hall–Kier alpha value is -0.690. The zero-order valence-electron chi connectivity index (χ0n) is 12.6. The Bertz CT molecular complexity index is 630. The summed E-state index contributed by atoms with van der Waals surface area (Å²) in [5.74, 6) is 0.415. The lowest BCUT2D eigenvalue weighted by molar-refractivity contribution is 0.338. The fourth-order valence-electron chi connectivity index (χ4n) is 2.09. The van der Waals surface area contributed by atoms with Crippen molar-refractivity contribution in [2.24, 2.45) is 11.7 Å². The smallest absolute Gasteiger partial charge is 0.243 e. The van der Waals surface area contributed by atoms with Crippen LogP contribution in [0, 0.1) is 5.92 Å². The Morgan fingerprint density at radius 2 is 1.95 bits per heavy atom. The maximum Gasteiger partial charge on any atom is 0.243 e. The van der Waals surface area contributed by atoms with Gasteiger partial charge in [0.1, 0.15) is 4.99 Å². The highest BCUT2D eigenvalue weighted by atomic mass is 35.5. The molecule has 1 aromatic carbocycles. The Labute approximate surface area is 137 Å². The molecule has 0 bridgehead atoms. The van der Waals surface area contributed by atoms with Gasteiger partial charge >= 0.3 is 0 Å². The number of halogens is 1. The van der Waals surface area contributed by atoms with Crippen molar-refractivity contribution in [2.75, 3.05) is 7.05 Å². The average Bonchev–Trinajstić information content (AvgIpc) is 2.36. The molecule has 0 aliphatic rings. The number of sulfonamides is 1. The summed E-state index contributed by atoms with van der Waals surface area (Å²) in [7, 11) is -2.00. The van der Waals surface area contributed by atoms with Gasteiger partial charge in [-0.3, -0.25) is 0 Å². The van der Waals surface area contributed by atoms with Crippen molar-refractivity contribution >= 4 is 38.8 Å². The van der Waals surface area contributed by atoms with Crippen molar-refractivity contribution < 1.29 is 8.42 Å². The fourth-order valence-corrected chi connectivity index (χ4v) is 4.07. The van der Waals surface area contributed by atoms with Crippen LogP contribution in [0.3, 0.4) is 0 Å². The number of hydrogen-bond acceptors (Lipinski definition) is 3. The molecule has 0 aliphatic carbocycles. The van der Waals surface area contributed by atoms with Gasteiger partial charge in [0.15, 0.2) is 0 Å². The summed E-state index contributed by atoms with van der Waals surface area (Å²) < 4.78 is 26.6. The standard InChI is InChI=1S/C14H21ClN2O2S2/c1-9(2)7-10(3)17(4)21(18,19)11-5-6-12(14(16)20)13(15)8-11/h5-6,8-10H,7H2,1-4H3,(H2,16,20). The lowest BCUT2D eigenvalue weighted by Crippen LogP contribution is -2.36. The van der Waals surface area contributed by atoms with E-state index < -0.39 is 10.0 Å². The largest absolute Gasteiger partial charge is 0.389 e. The Balaban J connectivity index is 3.13. The van der Waals surface area contributed by atoms with Gasteiger partial charge in [-0.15, -0.1) is 0 Å². The van der Waals surface area contributed by atoms with Gasteiger partial charge in [-0.05, 0) is 37.5 Å². The first-order valence-electron chi connectivity index (χ1n) is 6.64. The van der Waals surface area contributed by atoms with Crippen LogP contribution >= 0.6 is 23.8 Å². The van der Waals surface area contributed by atoms with Crippen LogP contribution in [0.1, 0.15) is 32.8 Å². The van der Waals surface area contributed by atoms with E-state index in [1.54, 1.807) is 13.1 Å². The highest BCUT2D eigenvalue weighted by Crippen LogP contribution is 2.25. The third kappa shape index (κ3) is 4.39. The van der Waals surface area contributed by atoms with Crippen LogP contribution in [-0.2, 0) is 10.0 Å². The summed E-state index contributed by atoms with van der Waals surface area (Å²) in [6, 6.07) is 4.32. The van der Waals surface area contributed by atoms with Crippen molar-refractivity contribution in [1.82, 2.24) is 4.31 Å². The van der Waals surface area contributed by atoms with E-state index in [1.165, 1.54) is 16.4 Å². The van der Waals surface area contributed by atoms with Crippen molar-refractivity contribution in [1.29, 1.82) is 0 Å². The SMILES string of the molecule is CC(C)CC(C)N(C)S(=O)(=O)c1ccc(C(N)=S)c(Cl)c1. The predicted molar refractivity (Wildman–Crippen MR) is 91.2 cm³/mol. The summed E-state index contributed by atoms with van der Waals surface area (Å²) in [5.41, 5.74) is 6.00. The van der Waals surface area contributed by atoms with E-state index in [1.807, 2.05) is 6.92 Å². The minimum absolute atomic E-state index is 0.0935. The Kier molecular flexibility index (Phi) is 6.16. The van der Waals surface area contributed by atoms with E-state index in [4.69, 9.17) is 29.6 Å².